The minimum Gasteiger partial charge on any atom is -0.207 e. The topological polar surface area (TPSA) is 37.4 Å². The maximum absolute atomic E-state index is 13.2. The van der Waals surface area contributed by atoms with E-state index in [1.165, 1.54) is 22.5 Å². The highest BCUT2D eigenvalue weighted by molar-refractivity contribution is 7.89. The molecule has 18 heavy (non-hydrogen) atoms. The molecule has 1 saturated carbocycles. The molecule has 2 rings (SSSR count). The standard InChI is InChI=1S/C13H18FNO2S/c1-10(2)9-15(12-6-7-12)18(16,17)13-5-3-4-11(14)8-13/h3-5,8,10,12H,6-7,9H2,1-2H3. The van der Waals surface area contributed by atoms with E-state index in [9.17, 15) is 12.8 Å². The van der Waals surface area contributed by atoms with Crippen LogP contribution < -0.4 is 0 Å². The average Bonchev–Trinajstić information content (AvgIpc) is 3.09. The molecular weight excluding hydrogens is 253 g/mol. The monoisotopic (exact) mass is 271 g/mol. The van der Waals surface area contributed by atoms with Gasteiger partial charge in [0.25, 0.3) is 0 Å². The van der Waals surface area contributed by atoms with E-state index >= 15 is 0 Å². The molecule has 0 saturated heterocycles. The normalized spacial score (nSPS) is 16.5. The molecule has 0 unspecified atom stereocenters. The van der Waals surface area contributed by atoms with Gasteiger partial charge in [-0.05, 0) is 37.0 Å². The van der Waals surface area contributed by atoms with E-state index in [0.29, 0.717) is 6.54 Å². The van der Waals surface area contributed by atoms with Crippen LogP contribution in [-0.2, 0) is 10.0 Å². The van der Waals surface area contributed by atoms with E-state index < -0.39 is 15.8 Å². The van der Waals surface area contributed by atoms with E-state index in [1.807, 2.05) is 13.8 Å². The van der Waals surface area contributed by atoms with Crippen LogP contribution in [0.4, 0.5) is 4.39 Å². The first-order valence-electron chi connectivity index (χ1n) is 6.18. The number of benzene rings is 1. The van der Waals surface area contributed by atoms with Crippen molar-refractivity contribution in [1.29, 1.82) is 0 Å². The predicted octanol–water partition coefficient (Wildman–Crippen LogP) is 2.63. The Bertz CT molecular complexity index is 524. The van der Waals surface area contributed by atoms with Gasteiger partial charge < -0.3 is 0 Å². The van der Waals surface area contributed by atoms with E-state index in [0.717, 1.165) is 18.9 Å². The highest BCUT2D eigenvalue weighted by atomic mass is 32.2. The van der Waals surface area contributed by atoms with Crippen LogP contribution in [0.5, 0.6) is 0 Å². The Labute approximate surface area is 108 Å². The Morgan fingerprint density at radius 2 is 2.06 bits per heavy atom. The lowest BCUT2D eigenvalue weighted by molar-refractivity contribution is 0.360. The molecule has 0 N–H and O–H groups in total. The van der Waals surface area contributed by atoms with Gasteiger partial charge in [0.15, 0.2) is 0 Å². The van der Waals surface area contributed by atoms with Crippen molar-refractivity contribution in [1.82, 2.24) is 4.31 Å². The summed E-state index contributed by atoms with van der Waals surface area (Å²) in [5.74, 6) is -0.259. The number of sulfonamides is 1. The van der Waals surface area contributed by atoms with Crippen molar-refractivity contribution in [2.24, 2.45) is 5.92 Å². The lowest BCUT2D eigenvalue weighted by Crippen LogP contribution is -2.36. The third kappa shape index (κ3) is 2.90. The summed E-state index contributed by atoms with van der Waals surface area (Å²) >= 11 is 0. The zero-order valence-electron chi connectivity index (χ0n) is 10.6. The van der Waals surface area contributed by atoms with Crippen molar-refractivity contribution >= 4 is 10.0 Å². The van der Waals surface area contributed by atoms with Crippen molar-refractivity contribution in [3.05, 3.63) is 30.1 Å². The Morgan fingerprint density at radius 1 is 1.39 bits per heavy atom. The molecule has 1 fully saturated rings. The van der Waals surface area contributed by atoms with E-state index in [2.05, 4.69) is 0 Å². The third-order valence-corrected chi connectivity index (χ3v) is 4.82. The summed E-state index contributed by atoms with van der Waals surface area (Å²) in [4.78, 5) is 0.0510. The molecule has 100 valence electrons. The van der Waals surface area contributed by atoms with Gasteiger partial charge >= 0.3 is 0 Å². The molecule has 3 nitrogen and oxygen atoms in total. The van der Waals surface area contributed by atoms with Crippen LogP contribution >= 0.6 is 0 Å². The molecule has 5 heteroatoms. The Kier molecular flexibility index (Phi) is 3.73. The molecule has 0 radical (unpaired) electrons. The summed E-state index contributed by atoms with van der Waals surface area (Å²) in [7, 11) is -3.56. The maximum atomic E-state index is 13.2. The number of rotatable bonds is 5. The predicted molar refractivity (Wildman–Crippen MR) is 68.2 cm³/mol. The molecule has 1 aromatic carbocycles. The maximum Gasteiger partial charge on any atom is 0.243 e. The molecule has 0 spiro atoms. The smallest absolute Gasteiger partial charge is 0.207 e. The van der Waals surface area contributed by atoms with E-state index in [4.69, 9.17) is 0 Å². The Morgan fingerprint density at radius 3 is 2.56 bits per heavy atom. The summed E-state index contributed by atoms with van der Waals surface area (Å²) in [6.07, 6.45) is 1.81. The van der Waals surface area contributed by atoms with Crippen LogP contribution in [0, 0.1) is 11.7 Å². The number of halogens is 1. The second-order valence-corrected chi connectivity index (χ2v) is 7.05. The molecule has 1 aliphatic carbocycles. The molecule has 0 atom stereocenters. The van der Waals surface area contributed by atoms with Gasteiger partial charge in [-0.1, -0.05) is 19.9 Å². The Hall–Kier alpha value is -0.940. The fourth-order valence-corrected chi connectivity index (χ4v) is 3.81. The number of nitrogens with zero attached hydrogens (tertiary/aromatic N) is 1. The molecule has 0 aromatic heterocycles. The minimum absolute atomic E-state index is 0.0510. The van der Waals surface area contributed by atoms with Crippen molar-refractivity contribution in [3.63, 3.8) is 0 Å². The van der Waals surface area contributed by atoms with Gasteiger partial charge in [0.2, 0.25) is 10.0 Å². The van der Waals surface area contributed by atoms with Crippen molar-refractivity contribution in [2.45, 2.75) is 37.6 Å². The molecule has 0 heterocycles. The molecular formula is C13H18FNO2S. The van der Waals surface area contributed by atoms with Crippen LogP contribution in [0.25, 0.3) is 0 Å². The molecule has 0 bridgehead atoms. The van der Waals surface area contributed by atoms with Gasteiger partial charge in [-0.2, -0.15) is 4.31 Å². The number of hydrogen-bond acceptors (Lipinski definition) is 2. The zero-order chi connectivity index (χ0) is 13.3. The van der Waals surface area contributed by atoms with Gasteiger partial charge in [-0.15, -0.1) is 0 Å². The molecule has 0 aliphatic heterocycles. The van der Waals surface area contributed by atoms with Crippen LogP contribution in [0.3, 0.4) is 0 Å². The van der Waals surface area contributed by atoms with Crippen molar-refractivity contribution in [3.8, 4) is 0 Å². The summed E-state index contributed by atoms with van der Waals surface area (Å²) in [5.41, 5.74) is 0. The SMILES string of the molecule is CC(C)CN(C1CC1)S(=O)(=O)c1cccc(F)c1. The summed E-state index contributed by atoms with van der Waals surface area (Å²) in [6.45, 7) is 4.45. The summed E-state index contributed by atoms with van der Waals surface area (Å²) in [6, 6.07) is 5.32. The summed E-state index contributed by atoms with van der Waals surface area (Å²) < 4.78 is 39.6. The van der Waals surface area contributed by atoms with Crippen molar-refractivity contribution < 1.29 is 12.8 Å². The van der Waals surface area contributed by atoms with E-state index in [1.54, 1.807) is 0 Å². The average molecular weight is 271 g/mol. The minimum atomic E-state index is -3.56. The van der Waals surface area contributed by atoms with Crippen LogP contribution in [-0.4, -0.2) is 25.3 Å². The first kappa shape index (κ1) is 13.5. The van der Waals surface area contributed by atoms with E-state index in [-0.39, 0.29) is 16.9 Å². The first-order valence-corrected chi connectivity index (χ1v) is 7.62. The quantitative estimate of drug-likeness (QED) is 0.825. The highest BCUT2D eigenvalue weighted by Gasteiger charge is 2.38. The zero-order valence-corrected chi connectivity index (χ0v) is 11.5. The molecule has 1 aliphatic rings. The van der Waals surface area contributed by atoms with Crippen molar-refractivity contribution in [2.75, 3.05) is 6.54 Å². The first-order chi connectivity index (χ1) is 8.41. The molecule has 1 aromatic rings. The van der Waals surface area contributed by atoms with Gasteiger partial charge in [-0.25, -0.2) is 12.8 Å². The van der Waals surface area contributed by atoms with Gasteiger partial charge in [0, 0.05) is 12.6 Å². The van der Waals surface area contributed by atoms with Crippen LogP contribution in [0.1, 0.15) is 26.7 Å². The third-order valence-electron chi connectivity index (χ3n) is 2.90. The van der Waals surface area contributed by atoms with Gasteiger partial charge in [-0.3, -0.25) is 0 Å². The second kappa shape index (κ2) is 4.97. The van der Waals surface area contributed by atoms with Crippen LogP contribution in [0.15, 0.2) is 29.2 Å². The number of hydrogen-bond donors (Lipinski definition) is 0. The van der Waals surface area contributed by atoms with Gasteiger partial charge in [0.05, 0.1) is 4.90 Å². The lowest BCUT2D eigenvalue weighted by atomic mass is 10.2. The van der Waals surface area contributed by atoms with Crippen LogP contribution in [0.2, 0.25) is 0 Å². The van der Waals surface area contributed by atoms with Gasteiger partial charge in [0.1, 0.15) is 5.82 Å². The Balaban J connectivity index is 2.33. The largest absolute Gasteiger partial charge is 0.243 e. The fraction of sp³-hybridized carbons (Fsp3) is 0.538. The fourth-order valence-electron chi connectivity index (χ4n) is 1.93. The highest BCUT2D eigenvalue weighted by Crippen LogP contribution is 2.32. The summed E-state index contributed by atoms with van der Waals surface area (Å²) in [5, 5.41) is 0. The molecule has 0 amide bonds. The second-order valence-electron chi connectivity index (χ2n) is 5.16. The lowest BCUT2D eigenvalue weighted by Gasteiger charge is -2.23.